The molecule has 2 aliphatic rings. The number of aliphatic hydroxyl groups is 1. The van der Waals surface area contributed by atoms with Gasteiger partial charge in [0.1, 0.15) is 11.3 Å². The van der Waals surface area contributed by atoms with E-state index in [0.717, 1.165) is 22.4 Å². The lowest BCUT2D eigenvalue weighted by atomic mass is 9.97. The number of carboxylic acid groups (broad SMARTS) is 1. The monoisotopic (exact) mass is 336 g/mol. The van der Waals surface area contributed by atoms with Gasteiger partial charge < -0.3 is 15.1 Å². The lowest BCUT2D eigenvalue weighted by Gasteiger charge is -2.17. The number of carboxylic acids is 1. The fourth-order valence-electron chi connectivity index (χ4n) is 3.19. The van der Waals surface area contributed by atoms with Crippen LogP contribution in [0.5, 0.6) is 0 Å². The molecule has 0 bridgehead atoms. The van der Waals surface area contributed by atoms with Crippen molar-refractivity contribution in [1.29, 1.82) is 0 Å². The molecule has 1 unspecified atom stereocenters. The maximum atomic E-state index is 11.2. The minimum Gasteiger partial charge on any atom is -0.507 e. The molecular formula is C20H20N2O3. The lowest BCUT2D eigenvalue weighted by Crippen LogP contribution is -2.16. The predicted octanol–water partition coefficient (Wildman–Crippen LogP) is 3.11. The molecule has 0 saturated carbocycles. The first-order valence-corrected chi connectivity index (χ1v) is 7.99. The summed E-state index contributed by atoms with van der Waals surface area (Å²) in [6.45, 7) is 6.58. The van der Waals surface area contributed by atoms with Crippen LogP contribution in [0.25, 0.3) is 5.57 Å². The maximum absolute atomic E-state index is 11.2. The molecule has 1 aromatic rings. The second kappa shape index (κ2) is 6.43. The van der Waals surface area contributed by atoms with Gasteiger partial charge in [-0.3, -0.25) is 4.99 Å². The van der Waals surface area contributed by atoms with Crippen LogP contribution in [0.1, 0.15) is 11.1 Å². The van der Waals surface area contributed by atoms with E-state index in [0.29, 0.717) is 6.54 Å². The number of aliphatic carboxylic acids is 1. The lowest BCUT2D eigenvalue weighted by molar-refractivity contribution is -0.132. The van der Waals surface area contributed by atoms with Gasteiger partial charge in [0.25, 0.3) is 0 Å². The third-order valence-corrected chi connectivity index (χ3v) is 4.46. The first-order chi connectivity index (χ1) is 11.9. The minimum absolute atomic E-state index is 0.195. The molecule has 25 heavy (non-hydrogen) atoms. The molecule has 1 atom stereocenters. The van der Waals surface area contributed by atoms with Crippen molar-refractivity contribution in [2.45, 2.75) is 13.0 Å². The predicted molar refractivity (Wildman–Crippen MR) is 98.6 cm³/mol. The number of rotatable bonds is 3. The van der Waals surface area contributed by atoms with Gasteiger partial charge in [0.15, 0.2) is 0 Å². The number of benzene rings is 1. The zero-order valence-corrected chi connectivity index (χ0v) is 14.2. The Balaban J connectivity index is 2.19. The molecule has 1 aromatic carbocycles. The Labute approximate surface area is 146 Å². The van der Waals surface area contributed by atoms with E-state index in [4.69, 9.17) is 0 Å². The highest BCUT2D eigenvalue weighted by Crippen LogP contribution is 2.37. The average Bonchev–Trinajstić information content (AvgIpc) is 2.76. The van der Waals surface area contributed by atoms with Crippen molar-refractivity contribution in [3.8, 4) is 0 Å². The molecule has 0 amide bonds. The van der Waals surface area contributed by atoms with Crippen molar-refractivity contribution < 1.29 is 15.0 Å². The average molecular weight is 336 g/mol. The molecule has 0 radical (unpaired) electrons. The van der Waals surface area contributed by atoms with E-state index in [9.17, 15) is 15.0 Å². The normalized spacial score (nSPS) is 21.6. The van der Waals surface area contributed by atoms with Crippen LogP contribution in [-0.4, -0.2) is 46.9 Å². The first-order valence-electron chi connectivity index (χ1n) is 7.99. The summed E-state index contributed by atoms with van der Waals surface area (Å²) in [7, 11) is 1.96. The molecule has 2 aliphatic heterocycles. The van der Waals surface area contributed by atoms with Gasteiger partial charge in [0.05, 0.1) is 6.04 Å². The topological polar surface area (TPSA) is 73.1 Å². The van der Waals surface area contributed by atoms with Gasteiger partial charge in [-0.25, -0.2) is 4.79 Å². The summed E-state index contributed by atoms with van der Waals surface area (Å²) < 4.78 is 0. The van der Waals surface area contributed by atoms with E-state index in [1.54, 1.807) is 6.08 Å². The summed E-state index contributed by atoms with van der Waals surface area (Å²) in [5, 5.41) is 19.4. The molecule has 5 heteroatoms. The molecule has 1 saturated heterocycles. The molecule has 0 spiro atoms. The Morgan fingerprint density at radius 1 is 1.36 bits per heavy atom. The fourth-order valence-corrected chi connectivity index (χ4v) is 3.19. The number of likely N-dealkylation sites (tertiary alicyclic amines) is 1. The van der Waals surface area contributed by atoms with Gasteiger partial charge in [0.2, 0.25) is 0 Å². The summed E-state index contributed by atoms with van der Waals surface area (Å²) in [4.78, 5) is 17.7. The van der Waals surface area contributed by atoms with Crippen LogP contribution >= 0.6 is 0 Å². The zero-order valence-electron chi connectivity index (χ0n) is 14.2. The zero-order chi connectivity index (χ0) is 18.1. The number of likely N-dealkylation sites (N-methyl/N-ethyl adjacent to an activating group) is 1. The number of aliphatic imine (C=N–C) groups is 1. The van der Waals surface area contributed by atoms with Crippen LogP contribution < -0.4 is 0 Å². The Morgan fingerprint density at radius 3 is 2.64 bits per heavy atom. The van der Waals surface area contributed by atoms with Crippen molar-refractivity contribution in [3.63, 3.8) is 0 Å². The number of allylic oxidation sites excluding steroid dienone is 3. The molecule has 1 fully saturated rings. The van der Waals surface area contributed by atoms with Gasteiger partial charge in [-0.1, -0.05) is 42.5 Å². The second-order valence-corrected chi connectivity index (χ2v) is 6.21. The highest BCUT2D eigenvalue weighted by Gasteiger charge is 2.33. The van der Waals surface area contributed by atoms with Gasteiger partial charge in [-0.05, 0) is 18.6 Å². The number of hydrogen-bond donors (Lipinski definition) is 2. The standard InChI is InChI=1S/C20H20N2O3/c1-4-14(13-7-5-12(2)6-8-13)19-15-9-18(23)16(20(24)25)10-21-17(15)11-22(19)3/h4-10,17,23H,1,11H2,2-3H3,(H,24,25)/b19-14+. The molecule has 0 aliphatic carbocycles. The van der Waals surface area contributed by atoms with Gasteiger partial charge >= 0.3 is 5.97 Å². The summed E-state index contributed by atoms with van der Waals surface area (Å²) in [5.41, 5.74) is 4.61. The number of aliphatic hydroxyl groups excluding tert-OH is 1. The van der Waals surface area contributed by atoms with E-state index >= 15 is 0 Å². The van der Waals surface area contributed by atoms with Crippen LogP contribution in [0.2, 0.25) is 0 Å². The fraction of sp³-hybridized carbons (Fsp3) is 0.200. The molecule has 128 valence electrons. The van der Waals surface area contributed by atoms with E-state index in [-0.39, 0.29) is 17.4 Å². The summed E-state index contributed by atoms with van der Waals surface area (Å²) in [6.07, 6.45) is 4.53. The Kier molecular flexibility index (Phi) is 4.31. The maximum Gasteiger partial charge on any atom is 0.341 e. The molecule has 2 heterocycles. The Hall–Kier alpha value is -3.08. The van der Waals surface area contributed by atoms with Crippen molar-refractivity contribution in [3.05, 3.63) is 76.7 Å². The van der Waals surface area contributed by atoms with Crippen molar-refractivity contribution in [1.82, 2.24) is 4.90 Å². The van der Waals surface area contributed by atoms with Crippen molar-refractivity contribution in [2.75, 3.05) is 13.6 Å². The van der Waals surface area contributed by atoms with Crippen molar-refractivity contribution >= 4 is 17.8 Å². The number of hydrogen-bond acceptors (Lipinski definition) is 4. The summed E-state index contributed by atoms with van der Waals surface area (Å²) in [5.74, 6) is -1.48. The highest BCUT2D eigenvalue weighted by molar-refractivity contribution is 6.09. The second-order valence-electron chi connectivity index (χ2n) is 6.21. The van der Waals surface area contributed by atoms with Crippen LogP contribution in [0.3, 0.4) is 0 Å². The largest absolute Gasteiger partial charge is 0.507 e. The number of aryl methyl sites for hydroxylation is 1. The number of fused-ring (bicyclic) bond motifs is 1. The number of nitrogens with zero attached hydrogens (tertiary/aromatic N) is 2. The van der Waals surface area contributed by atoms with Crippen molar-refractivity contribution in [2.24, 2.45) is 4.99 Å². The van der Waals surface area contributed by atoms with E-state index in [1.165, 1.54) is 17.9 Å². The van der Waals surface area contributed by atoms with Crippen LogP contribution in [0.4, 0.5) is 0 Å². The number of carbonyl (C=O) groups is 1. The molecular weight excluding hydrogens is 316 g/mol. The third kappa shape index (κ3) is 3.01. The van der Waals surface area contributed by atoms with E-state index < -0.39 is 5.97 Å². The molecule has 5 nitrogen and oxygen atoms in total. The van der Waals surface area contributed by atoms with Crippen LogP contribution in [-0.2, 0) is 4.79 Å². The highest BCUT2D eigenvalue weighted by atomic mass is 16.4. The van der Waals surface area contributed by atoms with E-state index in [1.807, 2.05) is 38.2 Å². The Bertz CT molecular complexity index is 857. The smallest absolute Gasteiger partial charge is 0.341 e. The minimum atomic E-state index is -1.19. The third-order valence-electron chi connectivity index (χ3n) is 4.46. The van der Waals surface area contributed by atoms with Gasteiger partial charge in [0, 0.05) is 36.7 Å². The van der Waals surface area contributed by atoms with E-state index in [2.05, 4.69) is 16.5 Å². The van der Waals surface area contributed by atoms with Gasteiger partial charge in [-0.2, -0.15) is 0 Å². The molecule has 2 N–H and O–H groups in total. The van der Waals surface area contributed by atoms with Crippen LogP contribution in [0, 0.1) is 6.92 Å². The first kappa shape index (κ1) is 16.8. The summed E-state index contributed by atoms with van der Waals surface area (Å²) in [6, 6.07) is 7.90. The van der Waals surface area contributed by atoms with Gasteiger partial charge in [-0.15, -0.1) is 0 Å². The summed E-state index contributed by atoms with van der Waals surface area (Å²) >= 11 is 0. The molecule has 3 rings (SSSR count). The molecule has 0 aromatic heterocycles. The quantitative estimate of drug-likeness (QED) is 0.889. The van der Waals surface area contributed by atoms with Crippen LogP contribution in [0.15, 0.2) is 70.6 Å². The SMILES string of the molecule is C=C/C(=C1/C2=CC(O)=C(C(=O)O)C=NC2CN1C)c1ccc(C)cc1. The Morgan fingerprint density at radius 2 is 2.04 bits per heavy atom.